The number of aromatic nitrogens is 2. The first kappa shape index (κ1) is 12.2. The summed E-state index contributed by atoms with van der Waals surface area (Å²) in [4.78, 5) is 32.3. The van der Waals surface area contributed by atoms with Crippen molar-refractivity contribution in [2.45, 2.75) is 0 Å². The number of nitrogens with one attached hydrogen (secondary N) is 1. The Morgan fingerprint density at radius 3 is 2.79 bits per heavy atom. The summed E-state index contributed by atoms with van der Waals surface area (Å²) in [5, 5.41) is 0.699. The van der Waals surface area contributed by atoms with E-state index in [0.717, 1.165) is 11.5 Å². The molecule has 6 heteroatoms. The molecule has 0 aliphatic carbocycles. The molecule has 19 heavy (non-hydrogen) atoms. The van der Waals surface area contributed by atoms with E-state index >= 15 is 0 Å². The first-order valence-corrected chi connectivity index (χ1v) is 7.27. The Morgan fingerprint density at radius 2 is 2.00 bits per heavy atom. The minimum absolute atomic E-state index is 0.150. The maximum atomic E-state index is 12.5. The van der Waals surface area contributed by atoms with Crippen molar-refractivity contribution in [2.75, 3.05) is 24.6 Å². The number of thioether (sulfide) groups is 1. The van der Waals surface area contributed by atoms with Gasteiger partial charge in [0.1, 0.15) is 5.69 Å². The molecule has 5 nitrogen and oxygen atoms in total. The molecule has 1 fully saturated rings. The molecule has 3 rings (SSSR count). The van der Waals surface area contributed by atoms with Crippen molar-refractivity contribution in [2.24, 2.45) is 0 Å². The van der Waals surface area contributed by atoms with Crippen molar-refractivity contribution < 1.29 is 4.79 Å². The predicted octanol–water partition coefficient (Wildman–Crippen LogP) is 1.11. The van der Waals surface area contributed by atoms with Crippen molar-refractivity contribution in [1.82, 2.24) is 14.9 Å². The summed E-state index contributed by atoms with van der Waals surface area (Å²) >= 11 is 1.84. The van der Waals surface area contributed by atoms with Gasteiger partial charge in [-0.3, -0.25) is 4.79 Å². The summed E-state index contributed by atoms with van der Waals surface area (Å²) in [5.74, 6) is 1.72. The molecule has 1 aromatic heterocycles. The van der Waals surface area contributed by atoms with Gasteiger partial charge in [0, 0.05) is 30.0 Å². The molecule has 0 saturated carbocycles. The van der Waals surface area contributed by atoms with Crippen LogP contribution in [0.4, 0.5) is 0 Å². The molecule has 1 aromatic carbocycles. The fourth-order valence-corrected chi connectivity index (χ4v) is 3.09. The fourth-order valence-electron chi connectivity index (χ4n) is 2.18. The number of carbonyl (C=O) groups is 1. The van der Waals surface area contributed by atoms with E-state index in [1.165, 1.54) is 0 Å². The Bertz CT molecular complexity index is 677. The second-order valence-corrected chi connectivity index (χ2v) is 5.57. The van der Waals surface area contributed by atoms with Gasteiger partial charge in [-0.2, -0.15) is 16.7 Å². The van der Waals surface area contributed by atoms with E-state index in [4.69, 9.17) is 0 Å². The monoisotopic (exact) mass is 275 g/mol. The van der Waals surface area contributed by atoms with Gasteiger partial charge in [-0.25, -0.2) is 4.79 Å². The van der Waals surface area contributed by atoms with E-state index in [0.29, 0.717) is 24.0 Å². The van der Waals surface area contributed by atoms with Gasteiger partial charge in [0.25, 0.3) is 5.91 Å². The summed E-state index contributed by atoms with van der Waals surface area (Å²) in [6.45, 7) is 1.43. The number of hydrogen-bond acceptors (Lipinski definition) is 4. The summed E-state index contributed by atoms with van der Waals surface area (Å²) in [6.07, 6.45) is 0. The second kappa shape index (κ2) is 5.05. The SMILES string of the molecule is O=C(c1nc(=O)[nH]c2ccccc12)N1CCSCC1. The lowest BCUT2D eigenvalue weighted by molar-refractivity contribution is 0.0768. The highest BCUT2D eigenvalue weighted by atomic mass is 32.2. The largest absolute Gasteiger partial charge is 0.346 e. The van der Waals surface area contributed by atoms with Crippen LogP contribution in [0.1, 0.15) is 10.5 Å². The van der Waals surface area contributed by atoms with E-state index in [9.17, 15) is 9.59 Å². The van der Waals surface area contributed by atoms with Crippen LogP contribution in [0.3, 0.4) is 0 Å². The number of hydrogen-bond donors (Lipinski definition) is 1. The number of para-hydroxylation sites is 1. The van der Waals surface area contributed by atoms with Gasteiger partial charge in [-0.15, -0.1) is 0 Å². The standard InChI is InChI=1S/C13H13N3O2S/c17-12(16-5-7-19-8-6-16)11-9-3-1-2-4-10(9)14-13(18)15-11/h1-4H,5-8H2,(H,14,15,18). The van der Waals surface area contributed by atoms with Crippen molar-refractivity contribution in [3.05, 3.63) is 40.4 Å². The molecule has 98 valence electrons. The molecular formula is C13H13N3O2S. The highest BCUT2D eigenvalue weighted by molar-refractivity contribution is 7.99. The number of carbonyl (C=O) groups excluding carboxylic acids is 1. The van der Waals surface area contributed by atoms with Crippen LogP contribution in [-0.2, 0) is 0 Å². The average Bonchev–Trinajstić information content (AvgIpc) is 2.46. The minimum Gasteiger partial charge on any atom is -0.336 e. The van der Waals surface area contributed by atoms with Crippen LogP contribution < -0.4 is 5.69 Å². The van der Waals surface area contributed by atoms with Crippen LogP contribution in [0.2, 0.25) is 0 Å². The van der Waals surface area contributed by atoms with Crippen molar-refractivity contribution in [1.29, 1.82) is 0 Å². The van der Waals surface area contributed by atoms with Crippen LogP contribution in [0, 0.1) is 0 Å². The van der Waals surface area contributed by atoms with Gasteiger partial charge < -0.3 is 9.88 Å². The lowest BCUT2D eigenvalue weighted by atomic mass is 10.1. The Balaban J connectivity index is 2.08. The Hall–Kier alpha value is -1.82. The maximum Gasteiger partial charge on any atom is 0.346 e. The maximum absolute atomic E-state index is 12.5. The molecule has 1 saturated heterocycles. The highest BCUT2D eigenvalue weighted by Crippen LogP contribution is 2.17. The fraction of sp³-hybridized carbons (Fsp3) is 0.308. The van der Waals surface area contributed by atoms with E-state index < -0.39 is 5.69 Å². The van der Waals surface area contributed by atoms with Crippen molar-refractivity contribution in [3.63, 3.8) is 0 Å². The van der Waals surface area contributed by atoms with Gasteiger partial charge in [-0.1, -0.05) is 18.2 Å². The zero-order chi connectivity index (χ0) is 13.2. The van der Waals surface area contributed by atoms with Crippen molar-refractivity contribution in [3.8, 4) is 0 Å². The zero-order valence-electron chi connectivity index (χ0n) is 10.3. The van der Waals surface area contributed by atoms with Crippen LogP contribution >= 0.6 is 11.8 Å². The van der Waals surface area contributed by atoms with Crippen LogP contribution in [0.5, 0.6) is 0 Å². The summed E-state index contributed by atoms with van der Waals surface area (Å²) in [7, 11) is 0. The number of benzene rings is 1. The number of nitrogens with zero attached hydrogens (tertiary/aromatic N) is 2. The number of fused-ring (bicyclic) bond motifs is 1. The number of amides is 1. The average molecular weight is 275 g/mol. The van der Waals surface area contributed by atoms with Gasteiger partial charge in [-0.05, 0) is 6.07 Å². The third kappa shape index (κ3) is 2.35. The molecule has 1 aliphatic heterocycles. The second-order valence-electron chi connectivity index (χ2n) is 4.34. The predicted molar refractivity (Wildman–Crippen MR) is 75.6 cm³/mol. The Labute approximate surface area is 114 Å². The molecule has 0 spiro atoms. The zero-order valence-corrected chi connectivity index (χ0v) is 11.1. The normalized spacial score (nSPS) is 15.7. The molecule has 0 atom stereocenters. The van der Waals surface area contributed by atoms with Gasteiger partial charge in [0.2, 0.25) is 0 Å². The van der Waals surface area contributed by atoms with Gasteiger partial charge >= 0.3 is 5.69 Å². The molecule has 1 aliphatic rings. The van der Waals surface area contributed by atoms with E-state index in [2.05, 4.69) is 9.97 Å². The molecule has 0 bridgehead atoms. The van der Waals surface area contributed by atoms with Crippen LogP contribution in [-0.4, -0.2) is 45.4 Å². The Morgan fingerprint density at radius 1 is 1.26 bits per heavy atom. The van der Waals surface area contributed by atoms with Crippen LogP contribution in [0.15, 0.2) is 29.1 Å². The smallest absolute Gasteiger partial charge is 0.336 e. The Kier molecular flexibility index (Phi) is 3.25. The van der Waals surface area contributed by atoms with E-state index in [1.54, 1.807) is 11.0 Å². The lowest BCUT2D eigenvalue weighted by Crippen LogP contribution is -2.39. The molecule has 1 N–H and O–H groups in total. The van der Waals surface area contributed by atoms with Gasteiger partial charge in [0.15, 0.2) is 0 Å². The molecule has 2 aromatic rings. The summed E-state index contributed by atoms with van der Waals surface area (Å²) in [5.41, 5.74) is 0.428. The molecule has 0 unspecified atom stereocenters. The lowest BCUT2D eigenvalue weighted by Gasteiger charge is -2.26. The van der Waals surface area contributed by atoms with Gasteiger partial charge in [0.05, 0.1) is 5.52 Å². The molecule has 2 heterocycles. The number of H-pyrrole nitrogens is 1. The summed E-state index contributed by atoms with van der Waals surface area (Å²) in [6, 6.07) is 7.25. The van der Waals surface area contributed by atoms with E-state index in [-0.39, 0.29) is 11.6 Å². The topological polar surface area (TPSA) is 66.1 Å². The number of rotatable bonds is 1. The summed E-state index contributed by atoms with van der Waals surface area (Å²) < 4.78 is 0. The third-order valence-electron chi connectivity index (χ3n) is 3.14. The highest BCUT2D eigenvalue weighted by Gasteiger charge is 2.22. The molecule has 1 amide bonds. The molecular weight excluding hydrogens is 262 g/mol. The number of aromatic amines is 1. The van der Waals surface area contributed by atoms with Crippen LogP contribution in [0.25, 0.3) is 10.9 Å². The minimum atomic E-state index is -0.478. The quantitative estimate of drug-likeness (QED) is 0.846. The molecule has 0 radical (unpaired) electrons. The first-order chi connectivity index (χ1) is 9.25. The first-order valence-electron chi connectivity index (χ1n) is 6.12. The third-order valence-corrected chi connectivity index (χ3v) is 4.08. The van der Waals surface area contributed by atoms with Crippen molar-refractivity contribution >= 4 is 28.6 Å². The van der Waals surface area contributed by atoms with E-state index in [1.807, 2.05) is 30.0 Å².